The Morgan fingerprint density at radius 3 is 2.22 bits per heavy atom. The first-order chi connectivity index (χ1) is 11.1. The molecule has 0 bridgehead atoms. The minimum atomic E-state index is 0.560. The van der Waals surface area contributed by atoms with E-state index in [1.54, 1.807) is 50.0 Å². The van der Waals surface area contributed by atoms with Crippen LogP contribution < -0.4 is 10.1 Å². The van der Waals surface area contributed by atoms with Crippen LogP contribution in [0.1, 0.15) is 0 Å². The summed E-state index contributed by atoms with van der Waals surface area (Å²) in [6.45, 7) is 0. The summed E-state index contributed by atoms with van der Waals surface area (Å²) in [7, 11) is 3.37. The highest BCUT2D eigenvalue weighted by Gasteiger charge is 2.14. The molecule has 23 heavy (non-hydrogen) atoms. The van der Waals surface area contributed by atoms with Gasteiger partial charge in [-0.05, 0) is 24.3 Å². The zero-order chi connectivity index (χ0) is 16.4. The summed E-state index contributed by atoms with van der Waals surface area (Å²) in [5.41, 5.74) is 1.75. The van der Waals surface area contributed by atoms with E-state index in [4.69, 9.17) is 27.9 Å². The first-order valence-corrected chi connectivity index (χ1v) is 8.33. The molecule has 1 aromatic carbocycles. The maximum atomic E-state index is 6.35. The van der Waals surface area contributed by atoms with Gasteiger partial charge in [-0.2, -0.15) is 0 Å². The molecule has 2 heterocycles. The van der Waals surface area contributed by atoms with Crippen LogP contribution in [-0.4, -0.2) is 24.1 Å². The number of benzene rings is 1. The van der Waals surface area contributed by atoms with Gasteiger partial charge in [-0.3, -0.25) is 0 Å². The van der Waals surface area contributed by atoms with Gasteiger partial charge in [-0.1, -0.05) is 23.2 Å². The molecule has 0 saturated carbocycles. The van der Waals surface area contributed by atoms with Gasteiger partial charge in [0.05, 0.1) is 17.2 Å². The van der Waals surface area contributed by atoms with E-state index in [1.165, 1.54) is 0 Å². The van der Waals surface area contributed by atoms with Gasteiger partial charge in [0.15, 0.2) is 0 Å². The summed E-state index contributed by atoms with van der Waals surface area (Å²) in [6.07, 6.45) is 3.57. The molecule has 0 amide bonds. The number of halogens is 2. The molecule has 0 aliphatic carbocycles. The number of methoxy groups -OCH3 is 1. The van der Waals surface area contributed by atoms with Crippen LogP contribution in [0.2, 0.25) is 10.0 Å². The van der Waals surface area contributed by atoms with Crippen LogP contribution in [-0.2, 0) is 0 Å². The normalized spacial score (nSPS) is 10.6. The molecule has 0 saturated heterocycles. The van der Waals surface area contributed by atoms with Crippen molar-refractivity contribution in [2.75, 3.05) is 19.5 Å². The van der Waals surface area contributed by atoms with Gasteiger partial charge in [0.2, 0.25) is 5.95 Å². The first kappa shape index (κ1) is 16.1. The first-order valence-electron chi connectivity index (χ1n) is 6.75. The number of hydrogen-bond acceptors (Lipinski definition) is 5. The molecule has 2 aromatic heterocycles. The molecule has 0 fully saturated rings. The quantitative estimate of drug-likeness (QED) is 0.687. The number of nitrogens with one attached hydrogen (secondary N) is 1. The van der Waals surface area contributed by atoms with Gasteiger partial charge >= 0.3 is 0 Å². The van der Waals surface area contributed by atoms with Crippen molar-refractivity contribution in [1.82, 2.24) is 9.97 Å². The number of aromatic nitrogens is 2. The highest BCUT2D eigenvalue weighted by atomic mass is 35.5. The molecule has 118 valence electrons. The summed E-state index contributed by atoms with van der Waals surface area (Å²) < 4.78 is 5.18. The third kappa shape index (κ3) is 3.27. The van der Waals surface area contributed by atoms with Crippen LogP contribution in [0.3, 0.4) is 0 Å². The second-order valence-corrected chi connectivity index (χ2v) is 6.57. The SMILES string of the molecule is CNc1ncc(-c2ccc(-c3c(Cl)cc(OC)cc3Cl)s2)cn1. The van der Waals surface area contributed by atoms with Crippen LogP contribution in [0, 0.1) is 0 Å². The number of anilines is 1. The average Bonchev–Trinajstić information content (AvgIpc) is 3.03. The van der Waals surface area contributed by atoms with Crippen LogP contribution in [0.15, 0.2) is 36.7 Å². The van der Waals surface area contributed by atoms with E-state index < -0.39 is 0 Å². The minimum Gasteiger partial charge on any atom is -0.497 e. The Labute approximate surface area is 148 Å². The van der Waals surface area contributed by atoms with Crippen molar-refractivity contribution in [3.8, 4) is 26.6 Å². The number of rotatable bonds is 4. The molecule has 7 heteroatoms. The van der Waals surface area contributed by atoms with Crippen LogP contribution >= 0.6 is 34.5 Å². The fourth-order valence-electron chi connectivity index (χ4n) is 2.11. The molecule has 3 aromatic rings. The van der Waals surface area contributed by atoms with Crippen molar-refractivity contribution in [2.45, 2.75) is 0 Å². The molecular weight excluding hydrogens is 353 g/mol. The minimum absolute atomic E-state index is 0.560. The smallest absolute Gasteiger partial charge is 0.222 e. The van der Waals surface area contributed by atoms with Crippen LogP contribution in [0.25, 0.3) is 20.9 Å². The second kappa shape index (κ2) is 6.74. The summed E-state index contributed by atoms with van der Waals surface area (Å²) in [5.74, 6) is 1.23. The third-order valence-corrected chi connectivity index (χ3v) is 5.01. The summed E-state index contributed by atoms with van der Waals surface area (Å²) >= 11 is 14.3. The molecular formula is C16H13Cl2N3OS. The van der Waals surface area contributed by atoms with Crippen molar-refractivity contribution in [3.63, 3.8) is 0 Å². The lowest BCUT2D eigenvalue weighted by molar-refractivity contribution is 0.415. The molecule has 0 aliphatic rings. The van der Waals surface area contributed by atoms with Gasteiger partial charge in [0, 0.05) is 40.3 Å². The Morgan fingerprint density at radius 2 is 1.65 bits per heavy atom. The average molecular weight is 366 g/mol. The lowest BCUT2D eigenvalue weighted by atomic mass is 10.1. The standard InChI is InChI=1S/C16H13Cl2N3OS/c1-19-16-20-7-9(8-21-16)13-3-4-14(23-13)15-11(17)5-10(22-2)6-12(15)18/h3-8H,1-2H3,(H,19,20,21). The fraction of sp³-hybridized carbons (Fsp3) is 0.125. The summed E-state index contributed by atoms with van der Waals surface area (Å²) in [4.78, 5) is 10.5. The van der Waals surface area contributed by atoms with Crippen molar-refractivity contribution in [1.29, 1.82) is 0 Å². The lowest BCUT2D eigenvalue weighted by Crippen LogP contribution is -1.94. The monoisotopic (exact) mass is 365 g/mol. The highest BCUT2D eigenvalue weighted by Crippen LogP contribution is 2.42. The van der Waals surface area contributed by atoms with Crippen LogP contribution in [0.5, 0.6) is 5.75 Å². The van der Waals surface area contributed by atoms with Crippen molar-refractivity contribution in [2.24, 2.45) is 0 Å². The molecule has 0 unspecified atom stereocenters. The van der Waals surface area contributed by atoms with Gasteiger partial charge in [-0.25, -0.2) is 9.97 Å². The van der Waals surface area contributed by atoms with E-state index >= 15 is 0 Å². The number of ether oxygens (including phenoxy) is 1. The van der Waals surface area contributed by atoms with E-state index in [2.05, 4.69) is 15.3 Å². The third-order valence-electron chi connectivity index (χ3n) is 3.26. The maximum absolute atomic E-state index is 6.35. The van der Waals surface area contributed by atoms with Gasteiger partial charge < -0.3 is 10.1 Å². The Bertz CT molecular complexity index is 811. The van der Waals surface area contributed by atoms with Crippen molar-refractivity contribution < 1.29 is 4.74 Å². The van der Waals surface area contributed by atoms with Gasteiger partial charge in [0.25, 0.3) is 0 Å². The molecule has 4 nitrogen and oxygen atoms in total. The van der Waals surface area contributed by atoms with Crippen LogP contribution in [0.4, 0.5) is 5.95 Å². The lowest BCUT2D eigenvalue weighted by Gasteiger charge is -2.07. The number of nitrogens with zero attached hydrogens (tertiary/aromatic N) is 2. The molecule has 0 aliphatic heterocycles. The van der Waals surface area contributed by atoms with Gasteiger partial charge in [0.1, 0.15) is 5.75 Å². The zero-order valence-electron chi connectivity index (χ0n) is 12.4. The molecule has 0 spiro atoms. The topological polar surface area (TPSA) is 47.0 Å². The Hall–Kier alpha value is -1.82. The van der Waals surface area contributed by atoms with Crippen molar-refractivity contribution in [3.05, 3.63) is 46.7 Å². The molecule has 0 atom stereocenters. The molecule has 1 N–H and O–H groups in total. The van der Waals surface area contributed by atoms with E-state index in [9.17, 15) is 0 Å². The molecule has 0 radical (unpaired) electrons. The number of hydrogen-bond donors (Lipinski definition) is 1. The van der Waals surface area contributed by atoms with E-state index in [1.807, 2.05) is 12.1 Å². The van der Waals surface area contributed by atoms with E-state index in [0.717, 1.165) is 20.9 Å². The fourth-order valence-corrected chi connectivity index (χ4v) is 3.95. The Kier molecular flexibility index (Phi) is 4.71. The predicted octanol–water partition coefficient (Wildman–Crippen LogP) is 5.23. The second-order valence-electron chi connectivity index (χ2n) is 4.68. The zero-order valence-corrected chi connectivity index (χ0v) is 14.8. The van der Waals surface area contributed by atoms with Crippen molar-refractivity contribution >= 4 is 40.5 Å². The highest BCUT2D eigenvalue weighted by molar-refractivity contribution is 7.19. The Balaban J connectivity index is 1.98. The van der Waals surface area contributed by atoms with E-state index in [-0.39, 0.29) is 0 Å². The molecule has 3 rings (SSSR count). The largest absolute Gasteiger partial charge is 0.497 e. The summed E-state index contributed by atoms with van der Waals surface area (Å²) in [5, 5.41) is 4.02. The number of thiophene rings is 1. The maximum Gasteiger partial charge on any atom is 0.222 e. The predicted molar refractivity (Wildman–Crippen MR) is 96.9 cm³/mol. The Morgan fingerprint density at radius 1 is 1.04 bits per heavy atom. The van der Waals surface area contributed by atoms with Gasteiger partial charge in [-0.15, -0.1) is 11.3 Å². The van der Waals surface area contributed by atoms with E-state index in [0.29, 0.717) is 21.7 Å². The summed E-state index contributed by atoms with van der Waals surface area (Å²) in [6, 6.07) is 7.51.